The van der Waals surface area contributed by atoms with Crippen LogP contribution >= 0.6 is 15.9 Å². The highest BCUT2D eigenvalue weighted by Gasteiger charge is 2.03. The van der Waals surface area contributed by atoms with Gasteiger partial charge in [0.05, 0.1) is 6.10 Å². The van der Waals surface area contributed by atoms with Crippen LogP contribution in [0.5, 0.6) is 0 Å². The van der Waals surface area contributed by atoms with Crippen LogP contribution < -0.4 is 0 Å². The maximum atomic E-state index is 9.32. The molecule has 0 heterocycles. The highest BCUT2D eigenvalue weighted by Crippen LogP contribution is 2.22. The second kappa shape index (κ2) is 4.06. The third-order valence-electron chi connectivity index (χ3n) is 1.93. The van der Waals surface area contributed by atoms with Gasteiger partial charge in [-0.05, 0) is 30.5 Å². The minimum absolute atomic E-state index is 0.372. The molecule has 0 radical (unpaired) electrons. The Morgan fingerprint density at radius 1 is 1.50 bits per heavy atom. The predicted octanol–water partition coefficient (Wildman–Crippen LogP) is 3.06. The number of rotatable bonds is 2. The summed E-state index contributed by atoms with van der Waals surface area (Å²) < 4.78 is 1.12. The zero-order valence-electron chi connectivity index (χ0n) is 7.34. The van der Waals surface area contributed by atoms with Crippen molar-refractivity contribution >= 4 is 15.9 Å². The fourth-order valence-electron chi connectivity index (χ4n) is 1.13. The zero-order chi connectivity index (χ0) is 9.14. The molecule has 0 aliphatic rings. The largest absolute Gasteiger partial charge is 0.389 e. The minimum Gasteiger partial charge on any atom is -0.389 e. The Kier molecular flexibility index (Phi) is 3.29. The van der Waals surface area contributed by atoms with E-state index in [-0.39, 0.29) is 6.10 Å². The smallest absolute Gasteiger partial charge is 0.0762 e. The zero-order valence-corrected chi connectivity index (χ0v) is 8.93. The average molecular weight is 229 g/mol. The molecule has 2 heteroatoms. The molecule has 12 heavy (non-hydrogen) atoms. The van der Waals surface area contributed by atoms with E-state index in [0.717, 1.165) is 16.5 Å². The molecule has 0 aliphatic carbocycles. The molecule has 1 N–H and O–H groups in total. The monoisotopic (exact) mass is 228 g/mol. The molecule has 0 bridgehead atoms. The normalized spacial score (nSPS) is 13.0. The molecule has 1 atom stereocenters. The van der Waals surface area contributed by atoms with Crippen LogP contribution in [0.4, 0.5) is 0 Å². The Balaban J connectivity index is 3.05. The van der Waals surface area contributed by atoms with E-state index < -0.39 is 0 Å². The summed E-state index contributed by atoms with van der Waals surface area (Å²) in [6.45, 7) is 3.88. The summed E-state index contributed by atoms with van der Waals surface area (Å²) in [5.41, 5.74) is 2.23. The van der Waals surface area contributed by atoms with E-state index in [1.165, 1.54) is 5.56 Å². The number of halogens is 1. The molecule has 0 amide bonds. The number of hydrogen-bond acceptors (Lipinski definition) is 1. The Morgan fingerprint density at radius 2 is 2.17 bits per heavy atom. The molecule has 1 aromatic rings. The van der Waals surface area contributed by atoms with E-state index in [9.17, 15) is 5.11 Å². The van der Waals surface area contributed by atoms with Crippen molar-refractivity contribution in [2.45, 2.75) is 26.4 Å². The highest BCUT2D eigenvalue weighted by atomic mass is 79.9. The van der Waals surface area contributed by atoms with Gasteiger partial charge < -0.3 is 5.11 Å². The van der Waals surface area contributed by atoms with Gasteiger partial charge in [0.2, 0.25) is 0 Å². The first-order chi connectivity index (χ1) is 5.65. The van der Waals surface area contributed by atoms with Gasteiger partial charge in [-0.15, -0.1) is 0 Å². The lowest BCUT2D eigenvalue weighted by Gasteiger charge is -2.07. The van der Waals surface area contributed by atoms with Crippen molar-refractivity contribution in [3.63, 3.8) is 0 Å². The van der Waals surface area contributed by atoms with Crippen LogP contribution in [-0.2, 0) is 6.42 Å². The van der Waals surface area contributed by atoms with E-state index in [1.807, 2.05) is 18.2 Å². The SMILES string of the molecule is CCc1cc(C(C)O)ccc1Br. The molecule has 0 saturated carbocycles. The first-order valence-corrected chi connectivity index (χ1v) is 4.90. The first kappa shape index (κ1) is 9.75. The van der Waals surface area contributed by atoms with Crippen molar-refractivity contribution in [2.24, 2.45) is 0 Å². The van der Waals surface area contributed by atoms with Crippen molar-refractivity contribution in [3.8, 4) is 0 Å². The van der Waals surface area contributed by atoms with Crippen LogP contribution in [0.15, 0.2) is 22.7 Å². The summed E-state index contributed by atoms with van der Waals surface area (Å²) >= 11 is 3.46. The van der Waals surface area contributed by atoms with Crippen LogP contribution in [0, 0.1) is 0 Å². The summed E-state index contributed by atoms with van der Waals surface area (Å²) in [6, 6.07) is 5.96. The molecule has 1 aromatic carbocycles. The van der Waals surface area contributed by atoms with E-state index in [0.29, 0.717) is 0 Å². The molecule has 0 spiro atoms. The molecule has 0 saturated heterocycles. The maximum absolute atomic E-state index is 9.32. The van der Waals surface area contributed by atoms with E-state index in [2.05, 4.69) is 22.9 Å². The van der Waals surface area contributed by atoms with E-state index in [1.54, 1.807) is 6.92 Å². The lowest BCUT2D eigenvalue weighted by molar-refractivity contribution is 0.199. The molecule has 1 nitrogen and oxygen atoms in total. The van der Waals surface area contributed by atoms with Crippen LogP contribution in [0.25, 0.3) is 0 Å². The molecule has 1 unspecified atom stereocenters. The van der Waals surface area contributed by atoms with Gasteiger partial charge in [-0.2, -0.15) is 0 Å². The lowest BCUT2D eigenvalue weighted by atomic mass is 10.1. The summed E-state index contributed by atoms with van der Waals surface area (Å²) in [7, 11) is 0. The number of aliphatic hydroxyl groups excluding tert-OH is 1. The Morgan fingerprint density at radius 3 is 2.67 bits per heavy atom. The van der Waals surface area contributed by atoms with Crippen LogP contribution in [0.2, 0.25) is 0 Å². The van der Waals surface area contributed by atoms with Crippen molar-refractivity contribution in [3.05, 3.63) is 33.8 Å². The first-order valence-electron chi connectivity index (χ1n) is 4.11. The van der Waals surface area contributed by atoms with Crippen molar-refractivity contribution in [1.29, 1.82) is 0 Å². The number of aryl methyl sites for hydroxylation is 1. The number of aliphatic hydroxyl groups is 1. The quantitative estimate of drug-likeness (QED) is 0.826. The van der Waals surface area contributed by atoms with Gasteiger partial charge in [0.15, 0.2) is 0 Å². The second-order valence-corrected chi connectivity index (χ2v) is 3.73. The number of benzene rings is 1. The van der Waals surface area contributed by atoms with Crippen molar-refractivity contribution in [1.82, 2.24) is 0 Å². The molecule has 0 aliphatic heterocycles. The average Bonchev–Trinajstić information content (AvgIpc) is 2.05. The van der Waals surface area contributed by atoms with E-state index in [4.69, 9.17) is 0 Å². The summed E-state index contributed by atoms with van der Waals surface area (Å²) in [5.74, 6) is 0. The molecule has 66 valence electrons. The van der Waals surface area contributed by atoms with Crippen LogP contribution in [0.1, 0.15) is 31.1 Å². The molecular weight excluding hydrogens is 216 g/mol. The van der Waals surface area contributed by atoms with Gasteiger partial charge in [0, 0.05) is 4.47 Å². The molecule has 0 aromatic heterocycles. The van der Waals surface area contributed by atoms with Gasteiger partial charge in [-0.3, -0.25) is 0 Å². The lowest BCUT2D eigenvalue weighted by Crippen LogP contribution is -1.93. The summed E-state index contributed by atoms with van der Waals surface area (Å²) in [5, 5.41) is 9.32. The Labute approximate surface area is 81.6 Å². The highest BCUT2D eigenvalue weighted by molar-refractivity contribution is 9.10. The van der Waals surface area contributed by atoms with Crippen LogP contribution in [0.3, 0.4) is 0 Å². The van der Waals surface area contributed by atoms with E-state index >= 15 is 0 Å². The third kappa shape index (κ3) is 2.08. The fourth-order valence-corrected chi connectivity index (χ4v) is 1.65. The third-order valence-corrected chi connectivity index (χ3v) is 2.71. The maximum Gasteiger partial charge on any atom is 0.0762 e. The second-order valence-electron chi connectivity index (χ2n) is 2.88. The van der Waals surface area contributed by atoms with Gasteiger partial charge in [-0.25, -0.2) is 0 Å². The minimum atomic E-state index is -0.372. The predicted molar refractivity (Wildman–Crippen MR) is 54.2 cm³/mol. The van der Waals surface area contributed by atoms with Gasteiger partial charge in [0.1, 0.15) is 0 Å². The van der Waals surface area contributed by atoms with Crippen LogP contribution in [-0.4, -0.2) is 5.11 Å². The topological polar surface area (TPSA) is 20.2 Å². The summed E-state index contributed by atoms with van der Waals surface area (Å²) in [6.07, 6.45) is 0.615. The standard InChI is InChI=1S/C10H13BrO/c1-3-8-6-9(7(2)12)4-5-10(8)11/h4-7,12H,3H2,1-2H3. The fraction of sp³-hybridized carbons (Fsp3) is 0.400. The molecular formula is C10H13BrO. The van der Waals surface area contributed by atoms with Crippen molar-refractivity contribution in [2.75, 3.05) is 0 Å². The summed E-state index contributed by atoms with van der Waals surface area (Å²) in [4.78, 5) is 0. The Bertz CT molecular complexity index is 269. The van der Waals surface area contributed by atoms with Gasteiger partial charge in [-0.1, -0.05) is 35.0 Å². The Hall–Kier alpha value is -0.340. The number of hydrogen-bond donors (Lipinski definition) is 1. The van der Waals surface area contributed by atoms with Gasteiger partial charge in [0.25, 0.3) is 0 Å². The molecule has 0 fully saturated rings. The van der Waals surface area contributed by atoms with Crippen molar-refractivity contribution < 1.29 is 5.11 Å². The molecule has 1 rings (SSSR count). The van der Waals surface area contributed by atoms with Gasteiger partial charge >= 0.3 is 0 Å².